The molecule has 1 aromatic rings. The van der Waals surface area contributed by atoms with Gasteiger partial charge in [0, 0.05) is 20.1 Å². The molecule has 0 heterocycles. The molecule has 0 aliphatic rings. The Labute approximate surface area is 88.4 Å². The Hall–Kier alpha value is -1.13. The third kappa shape index (κ3) is 3.85. The van der Waals surface area contributed by atoms with Crippen molar-refractivity contribution in [1.29, 1.82) is 0 Å². The van der Waals surface area contributed by atoms with Crippen LogP contribution in [-0.2, 0) is 11.3 Å². The van der Waals surface area contributed by atoms with Crippen molar-refractivity contribution in [2.45, 2.75) is 13.0 Å². The Balaban J connectivity index is 2.51. The molecule has 0 aliphatic heterocycles. The number of halogens is 1. The highest BCUT2D eigenvalue weighted by Crippen LogP contribution is 2.18. The van der Waals surface area contributed by atoms with E-state index < -0.39 is 5.82 Å². The molecule has 0 radical (unpaired) electrons. The minimum Gasteiger partial charge on any atom is -0.490 e. The van der Waals surface area contributed by atoms with E-state index in [1.807, 2.05) is 0 Å². The molecule has 84 valence electrons. The fraction of sp³-hybridized carbons (Fsp3) is 0.455. The van der Waals surface area contributed by atoms with Gasteiger partial charge in [-0.25, -0.2) is 4.39 Å². The highest BCUT2D eigenvalue weighted by Gasteiger charge is 2.04. The molecule has 4 heteroatoms. The third-order valence-electron chi connectivity index (χ3n) is 1.93. The standard InChI is InChI=1S/C11H15FO3/c1-14-5-2-6-15-11-7-9(8-13)3-4-10(11)12/h3-4,7,13H,2,5-6,8H2,1H3. The smallest absolute Gasteiger partial charge is 0.165 e. The van der Waals surface area contributed by atoms with Crippen LogP contribution in [0.3, 0.4) is 0 Å². The van der Waals surface area contributed by atoms with Crippen LogP contribution in [0.4, 0.5) is 4.39 Å². The lowest BCUT2D eigenvalue weighted by atomic mass is 10.2. The van der Waals surface area contributed by atoms with Crippen LogP contribution >= 0.6 is 0 Å². The summed E-state index contributed by atoms with van der Waals surface area (Å²) in [6.45, 7) is 0.871. The third-order valence-corrected chi connectivity index (χ3v) is 1.93. The number of hydrogen-bond acceptors (Lipinski definition) is 3. The average molecular weight is 214 g/mol. The first-order chi connectivity index (χ1) is 7.27. The maximum absolute atomic E-state index is 13.2. The molecule has 1 aromatic carbocycles. The van der Waals surface area contributed by atoms with E-state index in [-0.39, 0.29) is 12.4 Å². The number of benzene rings is 1. The summed E-state index contributed by atoms with van der Waals surface area (Å²) in [6.07, 6.45) is 0.708. The molecular formula is C11H15FO3. The van der Waals surface area contributed by atoms with Gasteiger partial charge in [-0.15, -0.1) is 0 Å². The number of methoxy groups -OCH3 is 1. The zero-order valence-electron chi connectivity index (χ0n) is 8.70. The molecule has 0 aliphatic carbocycles. The van der Waals surface area contributed by atoms with E-state index in [0.29, 0.717) is 25.2 Å². The van der Waals surface area contributed by atoms with Crippen molar-refractivity contribution in [1.82, 2.24) is 0 Å². The quantitative estimate of drug-likeness (QED) is 0.733. The van der Waals surface area contributed by atoms with Crippen molar-refractivity contribution in [3.05, 3.63) is 29.6 Å². The number of hydrogen-bond donors (Lipinski definition) is 1. The molecule has 1 rings (SSSR count). The zero-order chi connectivity index (χ0) is 11.1. The van der Waals surface area contributed by atoms with E-state index in [9.17, 15) is 4.39 Å². The summed E-state index contributed by atoms with van der Waals surface area (Å²) in [4.78, 5) is 0. The van der Waals surface area contributed by atoms with Crippen molar-refractivity contribution in [3.63, 3.8) is 0 Å². The van der Waals surface area contributed by atoms with Crippen molar-refractivity contribution in [2.75, 3.05) is 20.3 Å². The molecule has 15 heavy (non-hydrogen) atoms. The largest absolute Gasteiger partial charge is 0.490 e. The predicted molar refractivity (Wildman–Crippen MR) is 54.3 cm³/mol. The van der Waals surface area contributed by atoms with Crippen LogP contribution in [0.15, 0.2) is 18.2 Å². The molecular weight excluding hydrogens is 199 g/mol. The van der Waals surface area contributed by atoms with Gasteiger partial charge in [-0.05, 0) is 17.7 Å². The Morgan fingerprint density at radius 2 is 2.13 bits per heavy atom. The lowest BCUT2D eigenvalue weighted by molar-refractivity contribution is 0.170. The van der Waals surface area contributed by atoms with Crippen LogP contribution in [-0.4, -0.2) is 25.4 Å². The second kappa shape index (κ2) is 6.37. The predicted octanol–water partition coefficient (Wildman–Crippen LogP) is 1.73. The molecule has 0 unspecified atom stereocenters. The first-order valence-corrected chi connectivity index (χ1v) is 4.79. The molecule has 1 N–H and O–H groups in total. The molecule has 0 saturated heterocycles. The van der Waals surface area contributed by atoms with Gasteiger partial charge in [0.05, 0.1) is 13.2 Å². The highest BCUT2D eigenvalue weighted by molar-refractivity contribution is 5.29. The van der Waals surface area contributed by atoms with Gasteiger partial charge >= 0.3 is 0 Å². The van der Waals surface area contributed by atoms with E-state index in [0.717, 1.165) is 0 Å². The van der Waals surface area contributed by atoms with Gasteiger partial charge in [0.1, 0.15) is 0 Å². The van der Waals surface area contributed by atoms with Crippen LogP contribution in [0.1, 0.15) is 12.0 Å². The number of rotatable bonds is 6. The molecule has 0 spiro atoms. The second-order valence-corrected chi connectivity index (χ2v) is 3.12. The Morgan fingerprint density at radius 3 is 2.80 bits per heavy atom. The fourth-order valence-electron chi connectivity index (χ4n) is 1.14. The fourth-order valence-corrected chi connectivity index (χ4v) is 1.14. The second-order valence-electron chi connectivity index (χ2n) is 3.12. The molecule has 0 atom stereocenters. The van der Waals surface area contributed by atoms with Crippen molar-refractivity contribution < 1.29 is 19.0 Å². The maximum Gasteiger partial charge on any atom is 0.165 e. The van der Waals surface area contributed by atoms with Crippen molar-refractivity contribution in [3.8, 4) is 5.75 Å². The van der Waals surface area contributed by atoms with E-state index in [2.05, 4.69) is 0 Å². The summed E-state index contributed by atoms with van der Waals surface area (Å²) < 4.78 is 23.2. The summed E-state index contributed by atoms with van der Waals surface area (Å²) in [7, 11) is 1.60. The zero-order valence-corrected chi connectivity index (χ0v) is 8.70. The highest BCUT2D eigenvalue weighted by atomic mass is 19.1. The molecule has 0 amide bonds. The van der Waals surface area contributed by atoms with Crippen LogP contribution in [0, 0.1) is 5.82 Å². The van der Waals surface area contributed by atoms with E-state index in [1.165, 1.54) is 18.2 Å². The number of aliphatic hydroxyl groups is 1. The summed E-state index contributed by atoms with van der Waals surface area (Å²) in [5, 5.41) is 8.86. The van der Waals surface area contributed by atoms with Crippen molar-refractivity contribution in [2.24, 2.45) is 0 Å². The van der Waals surface area contributed by atoms with Gasteiger partial charge in [0.2, 0.25) is 0 Å². The van der Waals surface area contributed by atoms with E-state index in [1.54, 1.807) is 7.11 Å². The minimum atomic E-state index is -0.412. The summed E-state index contributed by atoms with van der Waals surface area (Å²) >= 11 is 0. The van der Waals surface area contributed by atoms with Gasteiger partial charge in [-0.3, -0.25) is 0 Å². The van der Waals surface area contributed by atoms with Gasteiger partial charge < -0.3 is 14.6 Å². The lowest BCUT2D eigenvalue weighted by Gasteiger charge is -2.07. The van der Waals surface area contributed by atoms with Crippen molar-refractivity contribution >= 4 is 0 Å². The molecule has 3 nitrogen and oxygen atoms in total. The molecule has 0 bridgehead atoms. The van der Waals surface area contributed by atoms with Crippen LogP contribution in [0.25, 0.3) is 0 Å². The average Bonchev–Trinajstić information content (AvgIpc) is 2.26. The summed E-state index contributed by atoms with van der Waals surface area (Å²) in [5.41, 5.74) is 0.637. The first-order valence-electron chi connectivity index (χ1n) is 4.79. The molecule has 0 aromatic heterocycles. The monoisotopic (exact) mass is 214 g/mol. The topological polar surface area (TPSA) is 38.7 Å². The molecule has 0 fully saturated rings. The summed E-state index contributed by atoms with van der Waals surface area (Å²) in [5.74, 6) is -0.234. The SMILES string of the molecule is COCCCOc1cc(CO)ccc1F. The van der Waals surface area contributed by atoms with Gasteiger partial charge in [0.25, 0.3) is 0 Å². The van der Waals surface area contributed by atoms with Crippen LogP contribution < -0.4 is 4.74 Å². The maximum atomic E-state index is 13.2. The first kappa shape index (κ1) is 11.9. The van der Waals surface area contributed by atoms with Gasteiger partial charge in [-0.1, -0.05) is 6.07 Å². The minimum absolute atomic E-state index is 0.116. The normalized spacial score (nSPS) is 10.3. The lowest BCUT2D eigenvalue weighted by Crippen LogP contribution is -2.03. The van der Waals surface area contributed by atoms with Gasteiger partial charge in [-0.2, -0.15) is 0 Å². The number of aliphatic hydroxyl groups excluding tert-OH is 1. The van der Waals surface area contributed by atoms with Crippen LogP contribution in [0.2, 0.25) is 0 Å². The number of ether oxygens (including phenoxy) is 2. The van der Waals surface area contributed by atoms with Gasteiger partial charge in [0.15, 0.2) is 11.6 Å². The van der Waals surface area contributed by atoms with Crippen LogP contribution in [0.5, 0.6) is 5.75 Å². The van der Waals surface area contributed by atoms with E-state index in [4.69, 9.17) is 14.6 Å². The molecule has 0 saturated carbocycles. The Bertz CT molecular complexity index is 302. The Kier molecular flexibility index (Phi) is 5.07. The van der Waals surface area contributed by atoms with E-state index >= 15 is 0 Å². The Morgan fingerprint density at radius 1 is 1.33 bits per heavy atom. The summed E-state index contributed by atoms with van der Waals surface area (Å²) in [6, 6.07) is 4.32.